The van der Waals surface area contributed by atoms with Crippen LogP contribution in [0, 0.1) is 6.92 Å². The average molecular weight is 380 g/mol. The van der Waals surface area contributed by atoms with Crippen LogP contribution in [0.15, 0.2) is 66.9 Å². The topological polar surface area (TPSA) is 62.3 Å². The molecule has 0 fully saturated rings. The standard InChI is InChI=1S/C21H18ClN3O2/c1-14-8-9-16(13-18(14)22)24-20(26)15-10-11-23-19(12-15)21(27)25(2)17-6-4-3-5-7-17/h3-13H,1-2H3,(H,24,26). The Kier molecular flexibility index (Phi) is 5.52. The number of carbonyl (C=O) groups is 2. The van der Waals surface area contributed by atoms with Gasteiger partial charge in [0.2, 0.25) is 0 Å². The van der Waals surface area contributed by atoms with E-state index in [9.17, 15) is 9.59 Å². The molecular weight excluding hydrogens is 362 g/mol. The van der Waals surface area contributed by atoms with E-state index in [2.05, 4.69) is 10.3 Å². The van der Waals surface area contributed by atoms with E-state index in [1.165, 1.54) is 17.2 Å². The molecule has 0 spiro atoms. The highest BCUT2D eigenvalue weighted by Crippen LogP contribution is 2.21. The molecule has 3 rings (SSSR count). The van der Waals surface area contributed by atoms with Crippen molar-refractivity contribution in [3.63, 3.8) is 0 Å². The quantitative estimate of drug-likeness (QED) is 0.722. The Labute approximate surface area is 162 Å². The summed E-state index contributed by atoms with van der Waals surface area (Å²) in [6, 6.07) is 17.6. The molecule has 0 aliphatic rings. The Morgan fingerprint density at radius 2 is 1.78 bits per heavy atom. The van der Waals surface area contributed by atoms with Crippen LogP contribution >= 0.6 is 11.6 Å². The van der Waals surface area contributed by atoms with Crippen LogP contribution in [0.25, 0.3) is 0 Å². The molecule has 0 saturated carbocycles. The van der Waals surface area contributed by atoms with Crippen molar-refractivity contribution in [1.82, 2.24) is 4.98 Å². The molecule has 1 aromatic heterocycles. The number of halogens is 1. The largest absolute Gasteiger partial charge is 0.322 e. The van der Waals surface area contributed by atoms with Gasteiger partial charge in [-0.15, -0.1) is 0 Å². The fraction of sp³-hybridized carbons (Fsp3) is 0.0952. The molecule has 0 radical (unpaired) electrons. The van der Waals surface area contributed by atoms with Crippen molar-refractivity contribution in [3.8, 4) is 0 Å². The Morgan fingerprint density at radius 3 is 2.48 bits per heavy atom. The van der Waals surface area contributed by atoms with E-state index in [1.54, 1.807) is 25.2 Å². The molecule has 0 aliphatic carbocycles. The van der Waals surface area contributed by atoms with Crippen LogP contribution in [0.3, 0.4) is 0 Å². The first-order valence-electron chi connectivity index (χ1n) is 8.32. The molecular formula is C21H18ClN3O2. The molecule has 0 atom stereocenters. The van der Waals surface area contributed by atoms with Gasteiger partial charge >= 0.3 is 0 Å². The van der Waals surface area contributed by atoms with Crippen LogP contribution in [-0.2, 0) is 0 Å². The molecule has 0 saturated heterocycles. The van der Waals surface area contributed by atoms with Crippen molar-refractivity contribution in [2.24, 2.45) is 0 Å². The van der Waals surface area contributed by atoms with Crippen molar-refractivity contribution in [2.45, 2.75) is 6.92 Å². The summed E-state index contributed by atoms with van der Waals surface area (Å²) in [5.41, 5.74) is 2.79. The zero-order valence-electron chi connectivity index (χ0n) is 14.9. The fourth-order valence-electron chi connectivity index (χ4n) is 2.50. The van der Waals surface area contributed by atoms with Crippen molar-refractivity contribution < 1.29 is 9.59 Å². The molecule has 0 unspecified atom stereocenters. The lowest BCUT2D eigenvalue weighted by molar-refractivity contribution is 0.0988. The molecule has 2 amide bonds. The second-order valence-corrected chi connectivity index (χ2v) is 6.45. The number of aromatic nitrogens is 1. The van der Waals surface area contributed by atoms with Gasteiger partial charge in [-0.05, 0) is 48.9 Å². The lowest BCUT2D eigenvalue weighted by Gasteiger charge is -2.17. The third-order valence-electron chi connectivity index (χ3n) is 4.12. The predicted molar refractivity (Wildman–Crippen MR) is 108 cm³/mol. The summed E-state index contributed by atoms with van der Waals surface area (Å²) >= 11 is 6.09. The number of hydrogen-bond donors (Lipinski definition) is 1. The number of nitrogens with zero attached hydrogens (tertiary/aromatic N) is 2. The fourth-order valence-corrected chi connectivity index (χ4v) is 2.68. The Hall–Kier alpha value is -3.18. The van der Waals surface area contributed by atoms with E-state index >= 15 is 0 Å². The molecule has 1 heterocycles. The van der Waals surface area contributed by atoms with E-state index in [-0.39, 0.29) is 17.5 Å². The molecule has 27 heavy (non-hydrogen) atoms. The summed E-state index contributed by atoms with van der Waals surface area (Å²) in [6.45, 7) is 1.89. The maximum absolute atomic E-state index is 12.7. The Balaban J connectivity index is 1.79. The number of benzene rings is 2. The third kappa shape index (κ3) is 4.33. The number of anilines is 2. The van der Waals surface area contributed by atoms with Gasteiger partial charge in [0, 0.05) is 35.2 Å². The van der Waals surface area contributed by atoms with Crippen molar-refractivity contribution in [1.29, 1.82) is 0 Å². The number of aryl methyl sites for hydroxylation is 1. The molecule has 6 heteroatoms. The molecule has 5 nitrogen and oxygen atoms in total. The number of nitrogens with one attached hydrogen (secondary N) is 1. The summed E-state index contributed by atoms with van der Waals surface area (Å²) in [4.78, 5) is 30.8. The minimum absolute atomic E-state index is 0.191. The summed E-state index contributed by atoms with van der Waals surface area (Å²) in [6.07, 6.45) is 1.45. The van der Waals surface area contributed by atoms with Gasteiger partial charge in [-0.25, -0.2) is 0 Å². The lowest BCUT2D eigenvalue weighted by Crippen LogP contribution is -2.27. The van der Waals surface area contributed by atoms with Crippen LogP contribution < -0.4 is 10.2 Å². The van der Waals surface area contributed by atoms with Gasteiger partial charge in [0.25, 0.3) is 11.8 Å². The van der Waals surface area contributed by atoms with Gasteiger partial charge in [-0.3, -0.25) is 14.6 Å². The number of carbonyl (C=O) groups excluding carboxylic acids is 2. The molecule has 0 aliphatic heterocycles. The summed E-state index contributed by atoms with van der Waals surface area (Å²) in [5.74, 6) is -0.636. The zero-order chi connectivity index (χ0) is 19.4. The van der Waals surface area contributed by atoms with Gasteiger partial charge in [0.05, 0.1) is 0 Å². The molecule has 3 aromatic rings. The molecule has 136 valence electrons. The number of hydrogen-bond acceptors (Lipinski definition) is 3. The Bertz CT molecular complexity index is 990. The normalized spacial score (nSPS) is 10.3. The highest BCUT2D eigenvalue weighted by atomic mass is 35.5. The van der Waals surface area contributed by atoms with E-state index in [0.29, 0.717) is 16.3 Å². The third-order valence-corrected chi connectivity index (χ3v) is 4.53. The average Bonchev–Trinajstić information content (AvgIpc) is 2.70. The molecule has 1 N–H and O–H groups in total. The van der Waals surface area contributed by atoms with Gasteiger partial charge in [-0.1, -0.05) is 35.9 Å². The van der Waals surface area contributed by atoms with E-state index in [1.807, 2.05) is 43.3 Å². The minimum Gasteiger partial charge on any atom is -0.322 e. The van der Waals surface area contributed by atoms with E-state index < -0.39 is 0 Å². The highest BCUT2D eigenvalue weighted by Gasteiger charge is 2.17. The second kappa shape index (κ2) is 8.01. The number of pyridine rings is 1. The maximum Gasteiger partial charge on any atom is 0.276 e. The van der Waals surface area contributed by atoms with Crippen LogP contribution in [-0.4, -0.2) is 23.8 Å². The van der Waals surface area contributed by atoms with Gasteiger partial charge in [0.15, 0.2) is 0 Å². The SMILES string of the molecule is Cc1ccc(NC(=O)c2ccnc(C(=O)N(C)c3ccccc3)c2)cc1Cl. The molecule has 0 bridgehead atoms. The maximum atomic E-state index is 12.7. The summed E-state index contributed by atoms with van der Waals surface area (Å²) in [5, 5.41) is 3.35. The van der Waals surface area contributed by atoms with Crippen molar-refractivity contribution in [2.75, 3.05) is 17.3 Å². The summed E-state index contributed by atoms with van der Waals surface area (Å²) < 4.78 is 0. The van der Waals surface area contributed by atoms with Crippen LogP contribution in [0.5, 0.6) is 0 Å². The van der Waals surface area contributed by atoms with E-state index in [0.717, 1.165) is 11.3 Å². The van der Waals surface area contributed by atoms with Gasteiger partial charge in [-0.2, -0.15) is 0 Å². The van der Waals surface area contributed by atoms with Crippen molar-refractivity contribution in [3.05, 3.63) is 88.7 Å². The monoisotopic (exact) mass is 379 g/mol. The van der Waals surface area contributed by atoms with Gasteiger partial charge < -0.3 is 10.2 Å². The lowest BCUT2D eigenvalue weighted by atomic mass is 10.1. The van der Waals surface area contributed by atoms with Crippen molar-refractivity contribution >= 4 is 34.8 Å². The first-order valence-corrected chi connectivity index (χ1v) is 8.70. The smallest absolute Gasteiger partial charge is 0.276 e. The van der Waals surface area contributed by atoms with Crippen LogP contribution in [0.4, 0.5) is 11.4 Å². The number of rotatable bonds is 4. The minimum atomic E-state index is -0.339. The first-order chi connectivity index (χ1) is 13.0. The number of amides is 2. The second-order valence-electron chi connectivity index (χ2n) is 6.05. The molecule has 2 aromatic carbocycles. The highest BCUT2D eigenvalue weighted by molar-refractivity contribution is 6.31. The predicted octanol–water partition coefficient (Wildman–Crippen LogP) is 4.57. The van der Waals surface area contributed by atoms with Crippen LogP contribution in [0.1, 0.15) is 26.4 Å². The van der Waals surface area contributed by atoms with Crippen LogP contribution in [0.2, 0.25) is 5.02 Å². The first kappa shape index (κ1) is 18.6. The van der Waals surface area contributed by atoms with Gasteiger partial charge in [0.1, 0.15) is 5.69 Å². The summed E-state index contributed by atoms with van der Waals surface area (Å²) in [7, 11) is 1.67. The zero-order valence-corrected chi connectivity index (χ0v) is 15.7. The number of para-hydroxylation sites is 1. The van der Waals surface area contributed by atoms with E-state index in [4.69, 9.17) is 11.6 Å². The Morgan fingerprint density at radius 1 is 1.04 bits per heavy atom.